The fourth-order valence-corrected chi connectivity index (χ4v) is 2.88. The summed E-state index contributed by atoms with van der Waals surface area (Å²) in [5.74, 6) is -0.277. The molecule has 0 saturated heterocycles. The second-order valence-electron chi connectivity index (χ2n) is 5.79. The number of furan rings is 1. The Morgan fingerprint density at radius 2 is 1.76 bits per heavy atom. The summed E-state index contributed by atoms with van der Waals surface area (Å²) in [6.07, 6.45) is 1.40. The highest BCUT2D eigenvalue weighted by Crippen LogP contribution is 2.18. The number of anilines is 3. The zero-order valence-corrected chi connectivity index (χ0v) is 16.2. The molecule has 0 fully saturated rings. The molecule has 0 aliphatic rings. The van der Waals surface area contributed by atoms with Gasteiger partial charge in [-0.2, -0.15) is 0 Å². The Morgan fingerprint density at radius 1 is 0.966 bits per heavy atom. The van der Waals surface area contributed by atoms with E-state index >= 15 is 0 Å². The molecular formula is C19H17N5O4S. The van der Waals surface area contributed by atoms with Gasteiger partial charge in [-0.05, 0) is 42.5 Å². The molecule has 10 heteroatoms. The fourth-order valence-electron chi connectivity index (χ4n) is 2.26. The van der Waals surface area contributed by atoms with E-state index in [0.717, 1.165) is 0 Å². The van der Waals surface area contributed by atoms with Gasteiger partial charge in [0.2, 0.25) is 11.8 Å². The summed E-state index contributed by atoms with van der Waals surface area (Å²) in [4.78, 5) is 35.1. The number of aromatic nitrogens is 2. The summed E-state index contributed by atoms with van der Waals surface area (Å²) in [5, 5.41) is 16.4. The summed E-state index contributed by atoms with van der Waals surface area (Å²) >= 11 is 1.20. The van der Waals surface area contributed by atoms with Crippen LogP contribution < -0.4 is 16.0 Å². The van der Waals surface area contributed by atoms with Crippen molar-refractivity contribution < 1.29 is 18.8 Å². The fraction of sp³-hybridized carbons (Fsp3) is 0.105. The highest BCUT2D eigenvalue weighted by atomic mass is 32.2. The number of nitrogens with zero attached hydrogens (tertiary/aromatic N) is 2. The van der Waals surface area contributed by atoms with E-state index in [0.29, 0.717) is 16.4 Å². The van der Waals surface area contributed by atoms with Crippen LogP contribution >= 0.6 is 11.8 Å². The number of thioether (sulfide) groups is 1. The summed E-state index contributed by atoms with van der Waals surface area (Å²) in [5.41, 5.74) is 1.17. The second-order valence-corrected chi connectivity index (χ2v) is 6.78. The summed E-state index contributed by atoms with van der Waals surface area (Å²) < 4.78 is 5.00. The SMILES string of the molecule is CC(=O)Nc1cccc(NC(=O)CSc2ccc(NC(=O)c3ccco3)nn2)c1. The number of carbonyl (C=O) groups is 3. The van der Waals surface area contributed by atoms with Crippen LogP contribution in [-0.2, 0) is 9.59 Å². The molecule has 0 aliphatic carbocycles. The first-order chi connectivity index (χ1) is 14.0. The van der Waals surface area contributed by atoms with Crippen molar-refractivity contribution in [2.75, 3.05) is 21.7 Å². The minimum Gasteiger partial charge on any atom is -0.459 e. The number of rotatable bonds is 7. The third kappa shape index (κ3) is 6.18. The van der Waals surface area contributed by atoms with Crippen LogP contribution in [0.1, 0.15) is 17.5 Å². The average molecular weight is 411 g/mol. The normalized spacial score (nSPS) is 10.2. The first kappa shape index (κ1) is 20.1. The highest BCUT2D eigenvalue weighted by molar-refractivity contribution is 7.99. The van der Waals surface area contributed by atoms with E-state index in [1.807, 2.05) is 0 Å². The molecule has 0 unspecified atom stereocenters. The summed E-state index contributed by atoms with van der Waals surface area (Å²) in [6.45, 7) is 1.41. The van der Waals surface area contributed by atoms with Crippen molar-refractivity contribution in [3.63, 3.8) is 0 Å². The van der Waals surface area contributed by atoms with E-state index in [1.54, 1.807) is 42.5 Å². The predicted octanol–water partition coefficient (Wildman–Crippen LogP) is 3.01. The molecule has 3 N–H and O–H groups in total. The Labute approximate surface area is 170 Å². The van der Waals surface area contributed by atoms with Crippen LogP contribution in [0, 0.1) is 0 Å². The van der Waals surface area contributed by atoms with Gasteiger partial charge in [-0.25, -0.2) is 0 Å². The lowest BCUT2D eigenvalue weighted by Crippen LogP contribution is -2.15. The van der Waals surface area contributed by atoms with E-state index in [9.17, 15) is 14.4 Å². The molecule has 0 saturated carbocycles. The molecule has 3 rings (SSSR count). The lowest BCUT2D eigenvalue weighted by atomic mass is 10.2. The molecule has 2 aromatic heterocycles. The molecule has 0 bridgehead atoms. The molecule has 3 aromatic rings. The van der Waals surface area contributed by atoms with Crippen LogP contribution in [0.4, 0.5) is 17.2 Å². The van der Waals surface area contributed by atoms with Crippen LogP contribution in [0.3, 0.4) is 0 Å². The molecule has 148 valence electrons. The van der Waals surface area contributed by atoms with Gasteiger partial charge >= 0.3 is 0 Å². The third-order valence-corrected chi connectivity index (χ3v) is 4.36. The first-order valence-corrected chi connectivity index (χ1v) is 9.47. The number of carbonyl (C=O) groups excluding carboxylic acids is 3. The minimum absolute atomic E-state index is 0.122. The molecule has 1 aromatic carbocycles. The van der Waals surface area contributed by atoms with Crippen molar-refractivity contribution in [2.45, 2.75) is 11.9 Å². The minimum atomic E-state index is -0.425. The lowest BCUT2D eigenvalue weighted by molar-refractivity contribution is -0.114. The van der Waals surface area contributed by atoms with Gasteiger partial charge in [0, 0.05) is 18.3 Å². The van der Waals surface area contributed by atoms with Gasteiger partial charge in [-0.3, -0.25) is 14.4 Å². The average Bonchev–Trinajstić information content (AvgIpc) is 3.22. The molecule has 29 heavy (non-hydrogen) atoms. The standard InChI is InChI=1S/C19H17N5O4S/c1-12(25)20-13-4-2-5-14(10-13)21-17(26)11-29-18-8-7-16(23-24-18)22-19(27)15-6-3-9-28-15/h2-10H,11H2,1H3,(H,20,25)(H,21,26)(H,22,23,27). The Morgan fingerprint density at radius 3 is 2.41 bits per heavy atom. The van der Waals surface area contributed by atoms with Gasteiger partial charge in [-0.15, -0.1) is 10.2 Å². The van der Waals surface area contributed by atoms with E-state index < -0.39 is 5.91 Å². The number of amides is 3. The van der Waals surface area contributed by atoms with Crippen LogP contribution in [-0.4, -0.2) is 33.7 Å². The second kappa shape index (κ2) is 9.51. The van der Waals surface area contributed by atoms with Crippen molar-refractivity contribution >= 4 is 46.7 Å². The van der Waals surface area contributed by atoms with Crippen molar-refractivity contribution in [3.05, 3.63) is 60.6 Å². The predicted molar refractivity (Wildman–Crippen MR) is 109 cm³/mol. The Hall–Kier alpha value is -3.66. The van der Waals surface area contributed by atoms with Gasteiger partial charge in [0.15, 0.2) is 11.6 Å². The number of hydrogen-bond acceptors (Lipinski definition) is 7. The number of hydrogen-bond donors (Lipinski definition) is 3. The van der Waals surface area contributed by atoms with Gasteiger partial charge in [0.1, 0.15) is 5.03 Å². The molecule has 0 spiro atoms. The summed E-state index contributed by atoms with van der Waals surface area (Å²) in [6, 6.07) is 13.2. The zero-order valence-electron chi connectivity index (χ0n) is 15.3. The highest BCUT2D eigenvalue weighted by Gasteiger charge is 2.10. The Kier molecular flexibility index (Phi) is 6.59. The lowest BCUT2D eigenvalue weighted by Gasteiger charge is -2.08. The van der Waals surface area contributed by atoms with Crippen LogP contribution in [0.5, 0.6) is 0 Å². The van der Waals surface area contributed by atoms with Gasteiger partial charge in [0.05, 0.1) is 12.0 Å². The van der Waals surface area contributed by atoms with Gasteiger partial charge < -0.3 is 20.4 Å². The van der Waals surface area contributed by atoms with E-state index in [-0.39, 0.29) is 29.1 Å². The maximum absolute atomic E-state index is 12.1. The zero-order chi connectivity index (χ0) is 20.6. The van der Waals surface area contributed by atoms with Crippen LogP contribution in [0.2, 0.25) is 0 Å². The van der Waals surface area contributed by atoms with Crippen LogP contribution in [0.25, 0.3) is 0 Å². The molecule has 0 radical (unpaired) electrons. The monoisotopic (exact) mass is 411 g/mol. The van der Waals surface area contributed by atoms with Crippen molar-refractivity contribution in [1.82, 2.24) is 10.2 Å². The van der Waals surface area contributed by atoms with E-state index in [4.69, 9.17) is 4.42 Å². The largest absolute Gasteiger partial charge is 0.459 e. The topological polar surface area (TPSA) is 126 Å². The first-order valence-electron chi connectivity index (χ1n) is 8.48. The van der Waals surface area contributed by atoms with Crippen LogP contribution in [0.15, 0.2) is 64.2 Å². The Bertz CT molecular complexity index is 1010. The summed E-state index contributed by atoms with van der Waals surface area (Å²) in [7, 11) is 0. The molecule has 3 amide bonds. The Balaban J connectivity index is 1.49. The van der Waals surface area contributed by atoms with E-state index in [2.05, 4.69) is 26.1 Å². The smallest absolute Gasteiger partial charge is 0.292 e. The maximum Gasteiger partial charge on any atom is 0.292 e. The quantitative estimate of drug-likeness (QED) is 0.510. The van der Waals surface area contributed by atoms with Gasteiger partial charge in [-0.1, -0.05) is 17.8 Å². The number of benzene rings is 1. The third-order valence-electron chi connectivity index (χ3n) is 3.44. The van der Waals surface area contributed by atoms with Gasteiger partial charge in [0.25, 0.3) is 5.91 Å². The van der Waals surface area contributed by atoms with Crippen molar-refractivity contribution in [1.29, 1.82) is 0 Å². The molecule has 0 aliphatic heterocycles. The molecule has 9 nitrogen and oxygen atoms in total. The van der Waals surface area contributed by atoms with E-state index in [1.165, 1.54) is 31.0 Å². The number of nitrogens with one attached hydrogen (secondary N) is 3. The van der Waals surface area contributed by atoms with Crippen molar-refractivity contribution in [3.8, 4) is 0 Å². The maximum atomic E-state index is 12.1. The molecule has 0 atom stereocenters. The van der Waals surface area contributed by atoms with Crippen molar-refractivity contribution in [2.24, 2.45) is 0 Å². The molecular weight excluding hydrogens is 394 g/mol. The molecule has 2 heterocycles.